The van der Waals surface area contributed by atoms with Crippen molar-refractivity contribution >= 4 is 12.0 Å². The first-order valence-corrected chi connectivity index (χ1v) is 14.2. The highest BCUT2D eigenvalue weighted by Gasteiger charge is 2.49. The van der Waals surface area contributed by atoms with Crippen LogP contribution in [0.15, 0.2) is 0 Å². The lowest BCUT2D eigenvalue weighted by molar-refractivity contribution is -0.143. The van der Waals surface area contributed by atoms with Crippen LogP contribution in [0.1, 0.15) is 65.2 Å². The standard InChI is InChI=1S/C26H44N6O3/c1-16-14-30(26(34)35-24-5-3-4-21-25(24)28-11-10-27-21)23-12-18(6-9-22(23)32(16)17(2)33)19-13-29-31(15-19)20-7-8-20/h16,18-25,27-29H,3-15H2,1-2H3/t16-,18?,19?,21?,22?,23?,24?,25?/m0/s1. The number of hydrogen-bond acceptors (Lipinski definition) is 7. The average Bonchev–Trinajstić information content (AvgIpc) is 3.59. The predicted molar refractivity (Wildman–Crippen MR) is 133 cm³/mol. The van der Waals surface area contributed by atoms with Crippen LogP contribution < -0.4 is 16.1 Å². The van der Waals surface area contributed by atoms with Gasteiger partial charge in [0.1, 0.15) is 6.10 Å². The van der Waals surface area contributed by atoms with Crippen LogP contribution in [0, 0.1) is 11.8 Å². The number of ether oxygens (including phenoxy) is 1. The van der Waals surface area contributed by atoms with Crippen LogP contribution >= 0.6 is 0 Å². The van der Waals surface area contributed by atoms with Crippen LogP contribution in [0.25, 0.3) is 0 Å². The zero-order valence-electron chi connectivity index (χ0n) is 21.5. The third kappa shape index (κ3) is 4.69. The first-order valence-electron chi connectivity index (χ1n) is 14.2. The average molecular weight is 489 g/mol. The third-order valence-electron chi connectivity index (χ3n) is 9.76. The van der Waals surface area contributed by atoms with Crippen molar-refractivity contribution in [2.24, 2.45) is 11.8 Å². The predicted octanol–water partition coefficient (Wildman–Crippen LogP) is 1.29. The lowest BCUT2D eigenvalue weighted by Crippen LogP contribution is -2.68. The van der Waals surface area contributed by atoms with Crippen molar-refractivity contribution in [3.05, 3.63) is 0 Å². The van der Waals surface area contributed by atoms with E-state index in [1.807, 2.05) is 4.90 Å². The van der Waals surface area contributed by atoms with E-state index < -0.39 is 0 Å². The molecular formula is C26H44N6O3. The van der Waals surface area contributed by atoms with Crippen molar-refractivity contribution in [2.75, 3.05) is 32.7 Å². The maximum atomic E-state index is 13.7. The smallest absolute Gasteiger partial charge is 0.410 e. The molecule has 3 aliphatic carbocycles. The summed E-state index contributed by atoms with van der Waals surface area (Å²) < 4.78 is 6.27. The van der Waals surface area contributed by atoms with E-state index in [1.165, 1.54) is 12.8 Å². The van der Waals surface area contributed by atoms with Gasteiger partial charge in [-0.05, 0) is 70.1 Å². The normalized spacial score (nSPS) is 42.3. The van der Waals surface area contributed by atoms with Gasteiger partial charge in [0.25, 0.3) is 0 Å². The van der Waals surface area contributed by atoms with Gasteiger partial charge in [-0.25, -0.2) is 9.80 Å². The monoisotopic (exact) mass is 488 g/mol. The number of hydrogen-bond donors (Lipinski definition) is 3. The number of fused-ring (bicyclic) bond motifs is 2. The molecule has 196 valence electrons. The molecule has 3 saturated carbocycles. The largest absolute Gasteiger partial charge is 0.444 e. The number of hydrazine groups is 1. The molecule has 2 amide bonds. The van der Waals surface area contributed by atoms with Crippen molar-refractivity contribution in [2.45, 2.75) is 108 Å². The third-order valence-corrected chi connectivity index (χ3v) is 9.76. The Morgan fingerprint density at radius 3 is 2.54 bits per heavy atom. The minimum absolute atomic E-state index is 0.0185. The van der Waals surface area contributed by atoms with E-state index in [1.54, 1.807) is 6.92 Å². The van der Waals surface area contributed by atoms with E-state index in [0.29, 0.717) is 24.4 Å². The van der Waals surface area contributed by atoms with Crippen LogP contribution in [0.3, 0.4) is 0 Å². The minimum atomic E-state index is -0.169. The fourth-order valence-electron chi connectivity index (χ4n) is 7.92. The molecule has 3 saturated heterocycles. The summed E-state index contributed by atoms with van der Waals surface area (Å²) in [7, 11) is 0. The molecule has 0 aromatic carbocycles. The Kier molecular flexibility index (Phi) is 6.71. The van der Waals surface area contributed by atoms with E-state index in [9.17, 15) is 9.59 Å². The molecule has 6 rings (SSSR count). The maximum Gasteiger partial charge on any atom is 0.410 e. The molecule has 0 radical (unpaired) electrons. The fourth-order valence-corrected chi connectivity index (χ4v) is 7.92. The molecule has 6 aliphatic rings. The first-order chi connectivity index (χ1) is 17.0. The number of nitrogens with zero attached hydrogens (tertiary/aromatic N) is 3. The van der Waals surface area contributed by atoms with Gasteiger partial charge in [-0.2, -0.15) is 0 Å². The Labute approximate surface area is 209 Å². The quantitative estimate of drug-likeness (QED) is 0.552. The van der Waals surface area contributed by atoms with Gasteiger partial charge in [0.15, 0.2) is 0 Å². The Morgan fingerprint density at radius 2 is 1.74 bits per heavy atom. The van der Waals surface area contributed by atoms with Crippen molar-refractivity contribution in [1.29, 1.82) is 0 Å². The molecule has 7 unspecified atom stereocenters. The van der Waals surface area contributed by atoms with Gasteiger partial charge in [0.05, 0.1) is 18.1 Å². The molecule has 35 heavy (non-hydrogen) atoms. The second kappa shape index (κ2) is 9.80. The second-order valence-electron chi connectivity index (χ2n) is 12.0. The van der Waals surface area contributed by atoms with E-state index >= 15 is 0 Å². The molecule has 0 aromatic heterocycles. The van der Waals surface area contributed by atoms with E-state index in [-0.39, 0.29) is 42.3 Å². The Hall–Kier alpha value is -1.42. The van der Waals surface area contributed by atoms with E-state index in [2.05, 4.69) is 32.9 Å². The fraction of sp³-hybridized carbons (Fsp3) is 0.923. The lowest BCUT2D eigenvalue weighted by Gasteiger charge is -2.54. The molecule has 0 aromatic rings. The van der Waals surface area contributed by atoms with Gasteiger partial charge in [-0.1, -0.05) is 0 Å². The molecule has 0 bridgehead atoms. The SMILES string of the molecule is CC(=O)N1C2CCC(C3CNN(C4CC4)C3)CC2N(C(=O)OC2CCCC3NCCNC32)C[C@@H]1C. The maximum absolute atomic E-state index is 13.7. The summed E-state index contributed by atoms with van der Waals surface area (Å²) in [6, 6.07) is 1.49. The zero-order chi connectivity index (χ0) is 24.1. The minimum Gasteiger partial charge on any atom is -0.444 e. The number of amides is 2. The van der Waals surface area contributed by atoms with Gasteiger partial charge in [0.2, 0.25) is 5.91 Å². The molecule has 3 heterocycles. The molecule has 8 atom stereocenters. The summed E-state index contributed by atoms with van der Waals surface area (Å²) in [6.07, 6.45) is 8.60. The Balaban J connectivity index is 1.17. The highest BCUT2D eigenvalue weighted by molar-refractivity contribution is 5.75. The van der Waals surface area contributed by atoms with Crippen molar-refractivity contribution < 1.29 is 14.3 Å². The van der Waals surface area contributed by atoms with Gasteiger partial charge >= 0.3 is 6.09 Å². The molecule has 9 nitrogen and oxygen atoms in total. The van der Waals surface area contributed by atoms with Crippen molar-refractivity contribution in [3.63, 3.8) is 0 Å². The topological polar surface area (TPSA) is 89.2 Å². The summed E-state index contributed by atoms with van der Waals surface area (Å²) in [5.74, 6) is 1.33. The Bertz CT molecular complexity index is 806. The van der Waals surface area contributed by atoms with Crippen LogP contribution in [-0.2, 0) is 9.53 Å². The zero-order valence-corrected chi connectivity index (χ0v) is 21.5. The molecule has 3 N–H and O–H groups in total. The Morgan fingerprint density at radius 1 is 0.914 bits per heavy atom. The van der Waals surface area contributed by atoms with E-state index in [0.717, 1.165) is 70.7 Å². The molecule has 3 aliphatic heterocycles. The summed E-state index contributed by atoms with van der Waals surface area (Å²) in [5.41, 5.74) is 3.64. The lowest BCUT2D eigenvalue weighted by atomic mass is 9.73. The van der Waals surface area contributed by atoms with Crippen molar-refractivity contribution in [1.82, 2.24) is 30.9 Å². The van der Waals surface area contributed by atoms with E-state index in [4.69, 9.17) is 4.74 Å². The van der Waals surface area contributed by atoms with Crippen LogP contribution in [0.2, 0.25) is 0 Å². The molecule has 6 fully saturated rings. The summed E-state index contributed by atoms with van der Waals surface area (Å²) in [4.78, 5) is 30.4. The van der Waals surface area contributed by atoms with Gasteiger partial charge in [0, 0.05) is 57.8 Å². The summed E-state index contributed by atoms with van der Waals surface area (Å²) in [5, 5.41) is 9.67. The number of piperazine rings is 2. The molecular weight excluding hydrogens is 444 g/mol. The van der Waals surface area contributed by atoms with Gasteiger partial charge in [-0.15, -0.1) is 0 Å². The molecule has 0 spiro atoms. The number of carbonyl (C=O) groups excluding carboxylic acids is 2. The number of rotatable bonds is 3. The van der Waals surface area contributed by atoms with Gasteiger partial charge < -0.3 is 25.2 Å². The summed E-state index contributed by atoms with van der Waals surface area (Å²) >= 11 is 0. The van der Waals surface area contributed by atoms with Crippen molar-refractivity contribution in [3.8, 4) is 0 Å². The number of carbonyl (C=O) groups is 2. The van der Waals surface area contributed by atoms with Crippen LogP contribution in [0.5, 0.6) is 0 Å². The highest BCUT2D eigenvalue weighted by atomic mass is 16.6. The highest BCUT2D eigenvalue weighted by Crippen LogP contribution is 2.41. The molecule has 9 heteroatoms. The van der Waals surface area contributed by atoms with Gasteiger partial charge in [-0.3, -0.25) is 10.2 Å². The second-order valence-corrected chi connectivity index (χ2v) is 12.0. The van der Waals surface area contributed by atoms with Crippen LogP contribution in [-0.4, -0.2) is 102 Å². The number of nitrogens with one attached hydrogen (secondary N) is 3. The summed E-state index contributed by atoms with van der Waals surface area (Å²) in [6.45, 7) is 8.39. The van der Waals surface area contributed by atoms with Crippen LogP contribution in [0.4, 0.5) is 4.79 Å². The first kappa shape index (κ1) is 23.9.